The summed E-state index contributed by atoms with van der Waals surface area (Å²) < 4.78 is 0. The van der Waals surface area contributed by atoms with Crippen LogP contribution in [0.15, 0.2) is 11.6 Å². The Hall–Kier alpha value is -1.32. The molecule has 1 aliphatic carbocycles. The summed E-state index contributed by atoms with van der Waals surface area (Å²) in [6.07, 6.45) is 4.59. The lowest BCUT2D eigenvalue weighted by molar-refractivity contribution is -0.133. The third-order valence-corrected chi connectivity index (χ3v) is 3.32. The van der Waals surface area contributed by atoms with Gasteiger partial charge in [0.05, 0.1) is 0 Å². The minimum absolute atomic E-state index is 0.00921. The van der Waals surface area contributed by atoms with Gasteiger partial charge in [0, 0.05) is 19.5 Å². The molecule has 4 heteroatoms. The van der Waals surface area contributed by atoms with Crippen molar-refractivity contribution in [2.75, 3.05) is 13.1 Å². The number of allylic oxidation sites excluding steroid dienone is 1. The van der Waals surface area contributed by atoms with Crippen LogP contribution in [-0.4, -0.2) is 35.8 Å². The van der Waals surface area contributed by atoms with Crippen molar-refractivity contribution >= 4 is 11.8 Å². The maximum absolute atomic E-state index is 12.3. The molecule has 4 nitrogen and oxygen atoms in total. The Morgan fingerprint density at radius 1 is 1.41 bits per heavy atom. The van der Waals surface area contributed by atoms with Crippen LogP contribution in [-0.2, 0) is 9.59 Å². The maximum atomic E-state index is 12.3. The van der Waals surface area contributed by atoms with Gasteiger partial charge in [-0.05, 0) is 32.6 Å². The second-order valence-electron chi connectivity index (χ2n) is 5.20. The summed E-state index contributed by atoms with van der Waals surface area (Å²) in [5.41, 5.74) is 1.20. The summed E-state index contributed by atoms with van der Waals surface area (Å²) in [7, 11) is 0. The molecule has 94 valence electrons. The molecule has 0 bridgehead atoms. The van der Waals surface area contributed by atoms with E-state index in [1.54, 1.807) is 4.90 Å². The quantitative estimate of drug-likeness (QED) is 0.745. The van der Waals surface area contributed by atoms with E-state index in [1.165, 1.54) is 5.57 Å². The van der Waals surface area contributed by atoms with Gasteiger partial charge in [-0.3, -0.25) is 9.59 Å². The molecule has 0 aromatic carbocycles. The standard InChI is InChI=1S/C13H20N2O2/c1-9(2)5-7-15-8-6-11(16)14-12(13(15)17)10-3-4-10/h5,10,12H,3-4,6-8H2,1-2H3,(H,14,16). The number of nitrogens with one attached hydrogen (secondary N) is 1. The molecule has 1 unspecified atom stereocenters. The lowest BCUT2D eigenvalue weighted by Gasteiger charge is -2.22. The number of rotatable bonds is 3. The van der Waals surface area contributed by atoms with Crippen LogP contribution in [0.3, 0.4) is 0 Å². The monoisotopic (exact) mass is 236 g/mol. The van der Waals surface area contributed by atoms with E-state index in [9.17, 15) is 9.59 Å². The van der Waals surface area contributed by atoms with Crippen molar-refractivity contribution < 1.29 is 9.59 Å². The van der Waals surface area contributed by atoms with Crippen molar-refractivity contribution in [2.24, 2.45) is 5.92 Å². The largest absolute Gasteiger partial charge is 0.344 e. The first-order chi connectivity index (χ1) is 8.08. The van der Waals surface area contributed by atoms with Gasteiger partial charge < -0.3 is 10.2 Å². The van der Waals surface area contributed by atoms with E-state index in [-0.39, 0.29) is 17.9 Å². The van der Waals surface area contributed by atoms with Crippen LogP contribution in [0.25, 0.3) is 0 Å². The van der Waals surface area contributed by atoms with E-state index in [4.69, 9.17) is 0 Å². The molecule has 1 heterocycles. The highest BCUT2D eigenvalue weighted by atomic mass is 16.2. The molecule has 2 aliphatic rings. The fourth-order valence-corrected chi connectivity index (χ4v) is 2.07. The number of amides is 2. The van der Waals surface area contributed by atoms with Gasteiger partial charge in [-0.15, -0.1) is 0 Å². The van der Waals surface area contributed by atoms with Crippen molar-refractivity contribution in [3.8, 4) is 0 Å². The lowest BCUT2D eigenvalue weighted by atomic mass is 10.1. The molecule has 0 aromatic rings. The Kier molecular flexibility index (Phi) is 3.50. The molecule has 0 aromatic heterocycles. The molecular formula is C13H20N2O2. The lowest BCUT2D eigenvalue weighted by Crippen LogP contribution is -2.46. The Morgan fingerprint density at radius 2 is 2.12 bits per heavy atom. The molecule has 0 radical (unpaired) electrons. The van der Waals surface area contributed by atoms with Gasteiger partial charge in [0.2, 0.25) is 11.8 Å². The van der Waals surface area contributed by atoms with Gasteiger partial charge in [0.15, 0.2) is 0 Å². The number of nitrogens with zero attached hydrogens (tertiary/aromatic N) is 1. The molecular weight excluding hydrogens is 216 g/mol. The van der Waals surface area contributed by atoms with Crippen molar-refractivity contribution in [1.82, 2.24) is 10.2 Å². The number of carbonyl (C=O) groups excluding carboxylic acids is 2. The van der Waals surface area contributed by atoms with Crippen LogP contribution >= 0.6 is 0 Å². The van der Waals surface area contributed by atoms with Crippen LogP contribution in [0.2, 0.25) is 0 Å². The summed E-state index contributed by atoms with van der Waals surface area (Å²) in [4.78, 5) is 25.6. The van der Waals surface area contributed by atoms with Crippen LogP contribution < -0.4 is 5.32 Å². The summed E-state index contributed by atoms with van der Waals surface area (Å²) in [5, 5.41) is 2.86. The Balaban J connectivity index is 2.06. The molecule has 2 fully saturated rings. The molecule has 2 amide bonds. The van der Waals surface area contributed by atoms with Crippen molar-refractivity contribution in [3.05, 3.63) is 11.6 Å². The Labute approximate surface area is 102 Å². The number of hydrogen-bond donors (Lipinski definition) is 1. The van der Waals surface area contributed by atoms with Gasteiger partial charge in [0.25, 0.3) is 0 Å². The third-order valence-electron chi connectivity index (χ3n) is 3.32. The molecule has 1 N–H and O–H groups in total. The predicted molar refractivity (Wildman–Crippen MR) is 65.3 cm³/mol. The van der Waals surface area contributed by atoms with Gasteiger partial charge >= 0.3 is 0 Å². The summed E-state index contributed by atoms with van der Waals surface area (Å²) in [6, 6.07) is -0.268. The van der Waals surface area contributed by atoms with E-state index in [2.05, 4.69) is 5.32 Å². The molecule has 17 heavy (non-hydrogen) atoms. The second kappa shape index (κ2) is 4.90. The molecule has 1 atom stereocenters. The molecule has 2 rings (SSSR count). The molecule has 1 saturated carbocycles. The first kappa shape index (κ1) is 12.1. The first-order valence-corrected chi connectivity index (χ1v) is 6.29. The van der Waals surface area contributed by atoms with Crippen molar-refractivity contribution in [2.45, 2.75) is 39.2 Å². The Bertz CT molecular complexity index is 354. The summed E-state index contributed by atoms with van der Waals surface area (Å²) in [5.74, 6) is 0.476. The van der Waals surface area contributed by atoms with E-state index < -0.39 is 0 Å². The van der Waals surface area contributed by atoms with E-state index in [0.717, 1.165) is 12.8 Å². The van der Waals surface area contributed by atoms with Crippen molar-refractivity contribution in [3.63, 3.8) is 0 Å². The van der Waals surface area contributed by atoms with Crippen molar-refractivity contribution in [1.29, 1.82) is 0 Å². The summed E-state index contributed by atoms with van der Waals surface area (Å²) in [6.45, 7) is 5.20. The Morgan fingerprint density at radius 3 is 2.71 bits per heavy atom. The van der Waals surface area contributed by atoms with Crippen LogP contribution in [0.4, 0.5) is 0 Å². The maximum Gasteiger partial charge on any atom is 0.245 e. The normalized spacial score (nSPS) is 25.3. The topological polar surface area (TPSA) is 49.4 Å². The van der Waals surface area contributed by atoms with E-state index in [0.29, 0.717) is 25.4 Å². The average molecular weight is 236 g/mol. The second-order valence-corrected chi connectivity index (χ2v) is 5.20. The zero-order valence-electron chi connectivity index (χ0n) is 10.5. The predicted octanol–water partition coefficient (Wildman–Crippen LogP) is 1.08. The fourth-order valence-electron chi connectivity index (χ4n) is 2.07. The highest BCUT2D eigenvalue weighted by Crippen LogP contribution is 2.34. The minimum Gasteiger partial charge on any atom is -0.344 e. The molecule has 1 aliphatic heterocycles. The zero-order chi connectivity index (χ0) is 12.4. The summed E-state index contributed by atoms with van der Waals surface area (Å²) >= 11 is 0. The van der Waals surface area contributed by atoms with E-state index >= 15 is 0 Å². The van der Waals surface area contributed by atoms with Gasteiger partial charge in [0.1, 0.15) is 6.04 Å². The highest BCUT2D eigenvalue weighted by Gasteiger charge is 2.40. The first-order valence-electron chi connectivity index (χ1n) is 6.29. The minimum atomic E-state index is -0.268. The van der Waals surface area contributed by atoms with Gasteiger partial charge in [-0.2, -0.15) is 0 Å². The van der Waals surface area contributed by atoms with E-state index in [1.807, 2.05) is 19.9 Å². The fraction of sp³-hybridized carbons (Fsp3) is 0.692. The molecule has 0 spiro atoms. The number of carbonyl (C=O) groups is 2. The number of hydrogen-bond acceptors (Lipinski definition) is 2. The van der Waals surface area contributed by atoms with Crippen LogP contribution in [0, 0.1) is 5.92 Å². The SMILES string of the molecule is CC(C)=CCN1CCC(=O)NC(C2CC2)C1=O. The highest BCUT2D eigenvalue weighted by molar-refractivity contribution is 5.90. The average Bonchev–Trinajstić information content (AvgIpc) is 3.07. The smallest absolute Gasteiger partial charge is 0.245 e. The van der Waals surface area contributed by atoms with Gasteiger partial charge in [-0.1, -0.05) is 11.6 Å². The van der Waals surface area contributed by atoms with Gasteiger partial charge in [-0.25, -0.2) is 0 Å². The van der Waals surface area contributed by atoms with Crippen LogP contribution in [0.1, 0.15) is 33.1 Å². The zero-order valence-corrected chi connectivity index (χ0v) is 10.5. The molecule has 1 saturated heterocycles. The van der Waals surface area contributed by atoms with Crippen LogP contribution in [0.5, 0.6) is 0 Å². The third kappa shape index (κ3) is 3.08.